The highest BCUT2D eigenvalue weighted by molar-refractivity contribution is 9.11. The molecule has 4 rings (SSSR count). The zero-order valence-electron chi connectivity index (χ0n) is 18.6. The molecule has 0 aliphatic carbocycles. The van der Waals surface area contributed by atoms with Crippen molar-refractivity contribution < 1.29 is 23.9 Å². The Morgan fingerprint density at radius 1 is 0.943 bits per heavy atom. The second-order valence-electron chi connectivity index (χ2n) is 7.47. The lowest BCUT2D eigenvalue weighted by atomic mass is 10.1. The monoisotopic (exact) mass is 598 g/mol. The van der Waals surface area contributed by atoms with Gasteiger partial charge in [0.1, 0.15) is 23.7 Å². The van der Waals surface area contributed by atoms with Crippen LogP contribution in [0.1, 0.15) is 18.1 Å². The van der Waals surface area contributed by atoms with Gasteiger partial charge >= 0.3 is 6.03 Å². The van der Waals surface area contributed by atoms with Crippen LogP contribution >= 0.6 is 31.9 Å². The van der Waals surface area contributed by atoms with Crippen LogP contribution in [0, 0.1) is 0 Å². The van der Waals surface area contributed by atoms with Gasteiger partial charge in [0.15, 0.2) is 0 Å². The summed E-state index contributed by atoms with van der Waals surface area (Å²) in [7, 11) is 0. The van der Waals surface area contributed by atoms with Crippen molar-refractivity contribution >= 4 is 61.5 Å². The van der Waals surface area contributed by atoms with Crippen LogP contribution in [0.4, 0.5) is 10.5 Å². The number of benzene rings is 3. The number of carbonyl (C=O) groups excluding carboxylic acids is 3. The summed E-state index contributed by atoms with van der Waals surface area (Å²) in [4.78, 5) is 39.4. The normalized spacial score (nSPS) is 14.8. The number of urea groups is 1. The summed E-state index contributed by atoms with van der Waals surface area (Å²) in [5.74, 6) is -0.470. The fourth-order valence-electron chi connectivity index (χ4n) is 3.48. The summed E-state index contributed by atoms with van der Waals surface area (Å²) in [6, 6.07) is 18.8. The second-order valence-corrected chi connectivity index (χ2v) is 9.24. The average molecular weight is 600 g/mol. The Balaban J connectivity index is 1.68. The molecule has 1 heterocycles. The lowest BCUT2D eigenvalue weighted by Gasteiger charge is -2.26. The maximum Gasteiger partial charge on any atom is 0.335 e. The number of rotatable bonds is 7. The Hall–Kier alpha value is -3.43. The molecule has 35 heavy (non-hydrogen) atoms. The Labute approximate surface area is 219 Å². The molecule has 1 N–H and O–H groups in total. The van der Waals surface area contributed by atoms with Gasteiger partial charge in [-0.1, -0.05) is 46.3 Å². The summed E-state index contributed by atoms with van der Waals surface area (Å²) in [5, 5.41) is 2.24. The lowest BCUT2D eigenvalue weighted by Crippen LogP contribution is -2.54. The number of imide groups is 2. The summed E-state index contributed by atoms with van der Waals surface area (Å²) in [5.41, 5.74) is 1.56. The van der Waals surface area contributed by atoms with E-state index < -0.39 is 17.8 Å². The molecule has 3 aromatic carbocycles. The first-order chi connectivity index (χ1) is 16.9. The minimum Gasteiger partial charge on any atom is -0.494 e. The number of nitrogens with one attached hydrogen (secondary N) is 1. The molecule has 0 unspecified atom stereocenters. The van der Waals surface area contributed by atoms with Crippen molar-refractivity contribution in [2.24, 2.45) is 0 Å². The Bertz CT molecular complexity index is 1310. The van der Waals surface area contributed by atoms with E-state index in [4.69, 9.17) is 9.47 Å². The molecular formula is C26H20Br2N2O5. The molecule has 1 fully saturated rings. The van der Waals surface area contributed by atoms with Gasteiger partial charge in [0, 0.05) is 10.0 Å². The molecule has 0 saturated carbocycles. The number of ether oxygens (including phenoxy) is 2. The highest BCUT2D eigenvalue weighted by Crippen LogP contribution is 2.35. The molecule has 9 heteroatoms. The molecule has 1 aliphatic rings. The Morgan fingerprint density at radius 3 is 2.34 bits per heavy atom. The smallest absolute Gasteiger partial charge is 0.335 e. The fraction of sp³-hybridized carbons (Fsp3) is 0.115. The van der Waals surface area contributed by atoms with Crippen LogP contribution in [0.25, 0.3) is 6.08 Å². The van der Waals surface area contributed by atoms with Crippen molar-refractivity contribution in [2.45, 2.75) is 13.5 Å². The topological polar surface area (TPSA) is 84.9 Å². The first-order valence-electron chi connectivity index (χ1n) is 10.7. The number of barbiturate groups is 1. The van der Waals surface area contributed by atoms with Gasteiger partial charge in [0.25, 0.3) is 11.8 Å². The maximum absolute atomic E-state index is 13.3. The van der Waals surface area contributed by atoms with Crippen molar-refractivity contribution in [3.8, 4) is 11.5 Å². The van der Waals surface area contributed by atoms with Crippen molar-refractivity contribution in [3.05, 3.63) is 92.4 Å². The number of anilines is 1. The molecule has 0 aromatic heterocycles. The van der Waals surface area contributed by atoms with Crippen molar-refractivity contribution in [1.29, 1.82) is 0 Å². The second kappa shape index (κ2) is 10.9. The third-order valence-electron chi connectivity index (χ3n) is 5.07. The number of hydrogen-bond acceptors (Lipinski definition) is 5. The molecule has 1 aliphatic heterocycles. The SMILES string of the molecule is CCOc1ccc(N2C(=O)NC(=O)/C(=C\c3cc(Br)cc(Br)c3OCc3ccccc3)C2=O)cc1. The molecule has 4 amide bonds. The van der Waals surface area contributed by atoms with E-state index in [1.807, 2.05) is 37.3 Å². The largest absolute Gasteiger partial charge is 0.494 e. The van der Waals surface area contributed by atoms with Crippen LogP contribution in [0.15, 0.2) is 81.2 Å². The van der Waals surface area contributed by atoms with Gasteiger partial charge in [-0.2, -0.15) is 0 Å². The number of amides is 4. The summed E-state index contributed by atoms with van der Waals surface area (Å²) in [6.45, 7) is 2.63. The molecule has 0 atom stereocenters. The van der Waals surface area contributed by atoms with E-state index in [9.17, 15) is 14.4 Å². The molecular weight excluding hydrogens is 580 g/mol. The summed E-state index contributed by atoms with van der Waals surface area (Å²) in [6.07, 6.45) is 1.42. The van der Waals surface area contributed by atoms with Gasteiger partial charge in [-0.3, -0.25) is 14.9 Å². The average Bonchev–Trinajstić information content (AvgIpc) is 2.83. The van der Waals surface area contributed by atoms with Crippen LogP contribution < -0.4 is 19.7 Å². The molecule has 7 nitrogen and oxygen atoms in total. The molecule has 0 radical (unpaired) electrons. The zero-order valence-corrected chi connectivity index (χ0v) is 21.8. The van der Waals surface area contributed by atoms with Gasteiger partial charge in [-0.25, -0.2) is 9.69 Å². The quantitative estimate of drug-likeness (QED) is 0.272. The van der Waals surface area contributed by atoms with E-state index in [1.165, 1.54) is 6.08 Å². The van der Waals surface area contributed by atoms with Crippen molar-refractivity contribution in [3.63, 3.8) is 0 Å². The third kappa shape index (κ3) is 5.63. The lowest BCUT2D eigenvalue weighted by molar-refractivity contribution is -0.122. The first-order valence-corrected chi connectivity index (χ1v) is 12.3. The predicted molar refractivity (Wildman–Crippen MR) is 139 cm³/mol. The summed E-state index contributed by atoms with van der Waals surface area (Å²) < 4.78 is 12.8. The van der Waals surface area contributed by atoms with E-state index in [2.05, 4.69) is 37.2 Å². The van der Waals surface area contributed by atoms with E-state index in [0.717, 1.165) is 10.5 Å². The van der Waals surface area contributed by atoms with E-state index in [1.54, 1.807) is 36.4 Å². The Morgan fingerprint density at radius 2 is 1.66 bits per heavy atom. The zero-order chi connectivity index (χ0) is 24.9. The highest BCUT2D eigenvalue weighted by atomic mass is 79.9. The third-order valence-corrected chi connectivity index (χ3v) is 6.12. The van der Waals surface area contributed by atoms with Crippen LogP contribution in [0.3, 0.4) is 0 Å². The van der Waals surface area contributed by atoms with Gasteiger partial charge in [-0.15, -0.1) is 0 Å². The van der Waals surface area contributed by atoms with Crippen molar-refractivity contribution in [1.82, 2.24) is 5.32 Å². The minimum absolute atomic E-state index is 0.201. The molecule has 0 spiro atoms. The molecule has 178 valence electrons. The van der Waals surface area contributed by atoms with Gasteiger partial charge in [-0.05, 0) is 70.9 Å². The molecule has 3 aromatic rings. The molecule has 0 bridgehead atoms. The van der Waals surface area contributed by atoms with E-state index >= 15 is 0 Å². The first kappa shape index (κ1) is 24.7. The van der Waals surface area contributed by atoms with Crippen LogP contribution in [-0.2, 0) is 16.2 Å². The standard InChI is InChI=1S/C26H20Br2N2O5/c1-2-34-20-10-8-19(9-11-20)30-25(32)21(24(31)29-26(30)33)13-17-12-18(27)14-22(28)23(17)35-15-16-6-4-3-5-7-16/h3-14H,2,15H2,1H3,(H,29,31,33)/b21-13+. The number of nitrogens with zero attached hydrogens (tertiary/aromatic N) is 1. The van der Waals surface area contributed by atoms with E-state index in [-0.39, 0.29) is 12.2 Å². The van der Waals surface area contributed by atoms with E-state index in [0.29, 0.717) is 38.3 Å². The van der Waals surface area contributed by atoms with Gasteiger partial charge in [0.2, 0.25) is 0 Å². The predicted octanol–water partition coefficient (Wildman–Crippen LogP) is 5.86. The fourth-order valence-corrected chi connectivity index (χ4v) is 4.85. The number of carbonyl (C=O) groups is 3. The number of hydrogen-bond donors (Lipinski definition) is 1. The van der Waals surface area contributed by atoms with Gasteiger partial charge < -0.3 is 9.47 Å². The van der Waals surface area contributed by atoms with Crippen LogP contribution in [0.2, 0.25) is 0 Å². The maximum atomic E-state index is 13.3. The molecule has 1 saturated heterocycles. The van der Waals surface area contributed by atoms with Crippen LogP contribution in [-0.4, -0.2) is 24.5 Å². The minimum atomic E-state index is -0.822. The number of halogens is 2. The Kier molecular flexibility index (Phi) is 7.67. The van der Waals surface area contributed by atoms with Gasteiger partial charge in [0.05, 0.1) is 16.8 Å². The summed E-state index contributed by atoms with van der Waals surface area (Å²) >= 11 is 6.94. The highest BCUT2D eigenvalue weighted by Gasteiger charge is 2.37. The van der Waals surface area contributed by atoms with Crippen molar-refractivity contribution in [2.75, 3.05) is 11.5 Å². The van der Waals surface area contributed by atoms with Crippen LogP contribution in [0.5, 0.6) is 11.5 Å².